The van der Waals surface area contributed by atoms with E-state index in [0.717, 1.165) is 18.2 Å². The quantitative estimate of drug-likeness (QED) is 0.707. The molecule has 0 atom stereocenters. The predicted molar refractivity (Wildman–Crippen MR) is 69.2 cm³/mol. The molecule has 3 nitrogen and oxygen atoms in total. The van der Waals surface area contributed by atoms with Gasteiger partial charge in [-0.15, -0.1) is 0 Å². The zero-order valence-electron chi connectivity index (χ0n) is 10.5. The van der Waals surface area contributed by atoms with Gasteiger partial charge in [0.1, 0.15) is 0 Å². The highest BCUT2D eigenvalue weighted by molar-refractivity contribution is 7.80. The molecule has 0 radical (unpaired) electrons. The first-order valence-corrected chi connectivity index (χ1v) is 5.93. The topological polar surface area (TPSA) is 24.5 Å². The zero-order valence-corrected chi connectivity index (χ0v) is 11.4. The molecule has 0 aliphatic carbocycles. The highest BCUT2D eigenvalue weighted by Crippen LogP contribution is 1.99. The lowest BCUT2D eigenvalue weighted by Crippen LogP contribution is -2.46. The number of hydrogen-bond acceptors (Lipinski definition) is 2. The van der Waals surface area contributed by atoms with Crippen molar-refractivity contribution in [3.8, 4) is 0 Å². The van der Waals surface area contributed by atoms with Crippen molar-refractivity contribution < 1.29 is 4.74 Å². The molecule has 0 rings (SSSR count). The van der Waals surface area contributed by atoms with Gasteiger partial charge in [0.25, 0.3) is 0 Å². The van der Waals surface area contributed by atoms with Crippen LogP contribution >= 0.6 is 12.2 Å². The monoisotopic (exact) mass is 232 g/mol. The molecule has 0 unspecified atom stereocenters. The average molecular weight is 232 g/mol. The van der Waals surface area contributed by atoms with Crippen LogP contribution in [-0.2, 0) is 4.74 Å². The summed E-state index contributed by atoms with van der Waals surface area (Å²) in [4.78, 5) is 2.15. The third-order valence-corrected chi connectivity index (χ3v) is 2.46. The van der Waals surface area contributed by atoms with Crippen LogP contribution in [0.25, 0.3) is 0 Å². The first kappa shape index (κ1) is 14.6. The van der Waals surface area contributed by atoms with Crippen LogP contribution in [0.1, 0.15) is 27.7 Å². The Balaban J connectivity index is 4.05. The van der Waals surface area contributed by atoms with E-state index in [1.165, 1.54) is 0 Å². The minimum Gasteiger partial charge on any atom is -0.383 e. The second-order valence-corrected chi connectivity index (χ2v) is 4.75. The van der Waals surface area contributed by atoms with E-state index in [0.29, 0.717) is 18.6 Å². The van der Waals surface area contributed by atoms with Crippen molar-refractivity contribution >= 4 is 17.3 Å². The fourth-order valence-electron chi connectivity index (χ4n) is 1.18. The van der Waals surface area contributed by atoms with Gasteiger partial charge in [0, 0.05) is 26.2 Å². The summed E-state index contributed by atoms with van der Waals surface area (Å²) >= 11 is 5.34. The van der Waals surface area contributed by atoms with Crippen LogP contribution < -0.4 is 5.32 Å². The lowest BCUT2D eigenvalue weighted by atomic mass is 10.2. The highest BCUT2D eigenvalue weighted by Gasteiger charge is 2.12. The molecule has 0 spiro atoms. The molecule has 90 valence electrons. The number of methoxy groups -OCH3 is 1. The average Bonchev–Trinajstić information content (AvgIpc) is 2.14. The van der Waals surface area contributed by atoms with Crippen LogP contribution in [0.4, 0.5) is 0 Å². The molecule has 0 saturated carbocycles. The van der Waals surface area contributed by atoms with Gasteiger partial charge in [-0.1, -0.05) is 13.8 Å². The SMILES string of the molecule is COCCN(C(=S)NCC(C)C)C(C)C. The maximum absolute atomic E-state index is 5.34. The number of thiocarbonyl (C=S) groups is 1. The summed E-state index contributed by atoms with van der Waals surface area (Å²) in [6, 6.07) is 0.410. The lowest BCUT2D eigenvalue weighted by molar-refractivity contribution is 0.166. The molecule has 0 amide bonds. The normalized spacial score (nSPS) is 10.9. The predicted octanol–water partition coefficient (Wildman–Crippen LogP) is 1.87. The molecule has 15 heavy (non-hydrogen) atoms. The third-order valence-electron chi connectivity index (χ3n) is 2.08. The van der Waals surface area contributed by atoms with Crippen molar-refractivity contribution in [1.82, 2.24) is 10.2 Å². The Morgan fingerprint density at radius 2 is 1.93 bits per heavy atom. The molecule has 0 aromatic rings. The molecule has 0 aromatic carbocycles. The molecular formula is C11H24N2OS. The van der Waals surface area contributed by atoms with Gasteiger partial charge in [0.15, 0.2) is 5.11 Å². The fourth-order valence-corrected chi connectivity index (χ4v) is 1.56. The minimum absolute atomic E-state index is 0.410. The Hall–Kier alpha value is -0.350. The van der Waals surface area contributed by atoms with Crippen LogP contribution in [0.5, 0.6) is 0 Å². The van der Waals surface area contributed by atoms with E-state index in [2.05, 4.69) is 37.9 Å². The Morgan fingerprint density at radius 1 is 1.33 bits per heavy atom. The summed E-state index contributed by atoms with van der Waals surface area (Å²) in [6.45, 7) is 11.1. The van der Waals surface area contributed by atoms with Crippen molar-refractivity contribution in [2.75, 3.05) is 26.8 Å². The number of ether oxygens (including phenoxy) is 1. The summed E-state index contributed by atoms with van der Waals surface area (Å²) in [5.74, 6) is 0.611. The maximum Gasteiger partial charge on any atom is 0.169 e. The molecule has 0 heterocycles. The second-order valence-electron chi connectivity index (χ2n) is 4.36. The molecule has 0 bridgehead atoms. The van der Waals surface area contributed by atoms with Crippen molar-refractivity contribution in [3.05, 3.63) is 0 Å². The van der Waals surface area contributed by atoms with Crippen LogP contribution in [0, 0.1) is 5.92 Å². The number of nitrogens with zero attached hydrogens (tertiary/aromatic N) is 1. The molecule has 0 fully saturated rings. The summed E-state index contributed by atoms with van der Waals surface area (Å²) in [5, 5.41) is 4.10. The van der Waals surface area contributed by atoms with Crippen LogP contribution in [-0.4, -0.2) is 42.9 Å². The van der Waals surface area contributed by atoms with E-state index in [1.807, 2.05) is 0 Å². The zero-order chi connectivity index (χ0) is 11.8. The van der Waals surface area contributed by atoms with Gasteiger partial charge in [-0.05, 0) is 32.0 Å². The van der Waals surface area contributed by atoms with Crippen molar-refractivity contribution in [2.45, 2.75) is 33.7 Å². The van der Waals surface area contributed by atoms with Crippen LogP contribution in [0.2, 0.25) is 0 Å². The van der Waals surface area contributed by atoms with Gasteiger partial charge in [-0.3, -0.25) is 0 Å². The smallest absolute Gasteiger partial charge is 0.169 e. The van der Waals surface area contributed by atoms with E-state index in [4.69, 9.17) is 17.0 Å². The standard InChI is InChI=1S/C11H24N2OS/c1-9(2)8-12-11(15)13(10(3)4)6-7-14-5/h9-10H,6-8H2,1-5H3,(H,12,15). The largest absolute Gasteiger partial charge is 0.383 e. The molecule has 1 N–H and O–H groups in total. The van der Waals surface area contributed by atoms with Gasteiger partial charge in [0.05, 0.1) is 6.61 Å². The first-order chi connectivity index (χ1) is 6.99. The first-order valence-electron chi connectivity index (χ1n) is 5.52. The summed E-state index contributed by atoms with van der Waals surface area (Å²) in [5.41, 5.74) is 0. The third kappa shape index (κ3) is 6.68. The lowest BCUT2D eigenvalue weighted by Gasteiger charge is -2.29. The Bertz CT molecular complexity index is 183. The van der Waals surface area contributed by atoms with Gasteiger partial charge < -0.3 is 15.0 Å². The number of nitrogens with one attached hydrogen (secondary N) is 1. The molecular weight excluding hydrogens is 208 g/mol. The molecule has 0 saturated heterocycles. The van der Waals surface area contributed by atoms with Crippen LogP contribution in [0.15, 0.2) is 0 Å². The van der Waals surface area contributed by atoms with E-state index in [-0.39, 0.29) is 0 Å². The molecule has 0 aromatic heterocycles. The number of rotatable bonds is 6. The van der Waals surface area contributed by atoms with Gasteiger partial charge >= 0.3 is 0 Å². The Morgan fingerprint density at radius 3 is 2.33 bits per heavy atom. The van der Waals surface area contributed by atoms with Crippen molar-refractivity contribution in [2.24, 2.45) is 5.92 Å². The maximum atomic E-state index is 5.34. The molecule has 4 heteroatoms. The van der Waals surface area contributed by atoms with Gasteiger partial charge in [0.2, 0.25) is 0 Å². The van der Waals surface area contributed by atoms with Crippen LogP contribution in [0.3, 0.4) is 0 Å². The number of hydrogen-bond donors (Lipinski definition) is 1. The molecule has 0 aliphatic heterocycles. The van der Waals surface area contributed by atoms with E-state index in [9.17, 15) is 0 Å². The van der Waals surface area contributed by atoms with Crippen molar-refractivity contribution in [3.63, 3.8) is 0 Å². The van der Waals surface area contributed by atoms with Crippen molar-refractivity contribution in [1.29, 1.82) is 0 Å². The second kappa shape index (κ2) is 7.88. The Kier molecular flexibility index (Phi) is 7.70. The fraction of sp³-hybridized carbons (Fsp3) is 0.909. The molecule has 0 aliphatic rings. The highest BCUT2D eigenvalue weighted by atomic mass is 32.1. The summed E-state index contributed by atoms with van der Waals surface area (Å²) in [7, 11) is 1.71. The van der Waals surface area contributed by atoms with E-state index in [1.54, 1.807) is 7.11 Å². The van der Waals surface area contributed by atoms with E-state index < -0.39 is 0 Å². The Labute approximate surface area is 99.2 Å². The minimum atomic E-state index is 0.410. The summed E-state index contributed by atoms with van der Waals surface area (Å²) < 4.78 is 5.07. The van der Waals surface area contributed by atoms with E-state index >= 15 is 0 Å². The van der Waals surface area contributed by atoms with Gasteiger partial charge in [-0.25, -0.2) is 0 Å². The van der Waals surface area contributed by atoms with Gasteiger partial charge in [-0.2, -0.15) is 0 Å². The summed E-state index contributed by atoms with van der Waals surface area (Å²) in [6.07, 6.45) is 0.